The first-order valence-corrected chi connectivity index (χ1v) is 11.1. The number of benzene rings is 1. The van der Waals surface area contributed by atoms with Crippen LogP contribution in [0.1, 0.15) is 38.2 Å². The third-order valence-corrected chi connectivity index (χ3v) is 7.31. The predicted octanol–water partition coefficient (Wildman–Crippen LogP) is 4.11. The number of piperidine rings is 1. The van der Waals surface area contributed by atoms with Crippen LogP contribution < -0.4 is 10.6 Å². The largest absolute Gasteiger partial charge is 0.356 e. The van der Waals surface area contributed by atoms with E-state index in [2.05, 4.69) is 39.2 Å². The van der Waals surface area contributed by atoms with Gasteiger partial charge in [0.1, 0.15) is 5.82 Å². The summed E-state index contributed by atoms with van der Waals surface area (Å²) in [6.45, 7) is 7.04. The van der Waals surface area contributed by atoms with Crippen molar-refractivity contribution in [3.63, 3.8) is 0 Å². The summed E-state index contributed by atoms with van der Waals surface area (Å²) >= 11 is 2.07. The van der Waals surface area contributed by atoms with E-state index >= 15 is 0 Å². The van der Waals surface area contributed by atoms with Gasteiger partial charge in [0, 0.05) is 37.0 Å². The van der Waals surface area contributed by atoms with Crippen molar-refractivity contribution in [3.05, 3.63) is 35.6 Å². The van der Waals surface area contributed by atoms with Gasteiger partial charge in [-0.05, 0) is 63.4 Å². The molecule has 2 N–H and O–H groups in total. The summed E-state index contributed by atoms with van der Waals surface area (Å²) in [6, 6.07) is 7.11. The molecule has 2 aliphatic rings. The van der Waals surface area contributed by atoms with Crippen molar-refractivity contribution in [2.45, 2.75) is 43.9 Å². The van der Waals surface area contributed by atoms with E-state index in [9.17, 15) is 4.39 Å². The fourth-order valence-electron chi connectivity index (χ4n) is 3.92. The Kier molecular flexibility index (Phi) is 9.83. The minimum absolute atomic E-state index is 0. The van der Waals surface area contributed by atoms with E-state index in [1.807, 2.05) is 19.2 Å². The van der Waals surface area contributed by atoms with E-state index in [1.165, 1.54) is 18.6 Å². The lowest BCUT2D eigenvalue weighted by molar-refractivity contribution is 0.176. The third-order valence-electron chi connectivity index (χ3n) is 5.77. The van der Waals surface area contributed by atoms with Crippen molar-refractivity contribution >= 4 is 41.7 Å². The van der Waals surface area contributed by atoms with Crippen LogP contribution in [0, 0.1) is 11.7 Å². The van der Waals surface area contributed by atoms with E-state index in [1.54, 1.807) is 12.1 Å². The lowest BCUT2D eigenvalue weighted by Gasteiger charge is -2.32. The van der Waals surface area contributed by atoms with E-state index < -0.39 is 0 Å². The zero-order valence-electron chi connectivity index (χ0n) is 17.0. The number of halogens is 2. The summed E-state index contributed by atoms with van der Waals surface area (Å²) in [5.41, 5.74) is 0.803. The Bertz CT molecular complexity index is 629. The fourth-order valence-corrected chi connectivity index (χ4v) is 5.17. The number of guanidine groups is 1. The van der Waals surface area contributed by atoms with E-state index in [0.717, 1.165) is 50.5 Å². The first kappa shape index (κ1) is 23.7. The van der Waals surface area contributed by atoms with Crippen LogP contribution in [0.4, 0.5) is 4.39 Å². The molecular formula is C21H34FIN4S. The summed E-state index contributed by atoms with van der Waals surface area (Å²) in [5.74, 6) is 2.75. The molecule has 4 nitrogen and oxygen atoms in total. The Morgan fingerprint density at radius 2 is 2.04 bits per heavy atom. The van der Waals surface area contributed by atoms with Crippen LogP contribution in [0.15, 0.2) is 29.3 Å². The van der Waals surface area contributed by atoms with Gasteiger partial charge in [-0.3, -0.25) is 9.89 Å². The Hall–Kier alpha value is -0.540. The van der Waals surface area contributed by atoms with Gasteiger partial charge in [-0.15, -0.1) is 24.0 Å². The van der Waals surface area contributed by atoms with Crippen LogP contribution in [-0.2, 0) is 6.54 Å². The van der Waals surface area contributed by atoms with Gasteiger partial charge in [-0.1, -0.05) is 18.2 Å². The Morgan fingerprint density at radius 3 is 2.68 bits per heavy atom. The molecular weight excluding hydrogens is 486 g/mol. The molecule has 158 valence electrons. The van der Waals surface area contributed by atoms with Crippen molar-refractivity contribution in [3.8, 4) is 0 Å². The van der Waals surface area contributed by atoms with Crippen molar-refractivity contribution < 1.29 is 4.39 Å². The second-order valence-corrected chi connectivity index (χ2v) is 9.70. The topological polar surface area (TPSA) is 39.7 Å². The number of nitrogens with zero attached hydrogens (tertiary/aromatic N) is 2. The monoisotopic (exact) mass is 520 g/mol. The molecule has 0 radical (unpaired) electrons. The number of likely N-dealkylation sites (tertiary alicyclic amines) is 1. The van der Waals surface area contributed by atoms with Gasteiger partial charge in [0.05, 0.1) is 0 Å². The zero-order chi connectivity index (χ0) is 19.1. The van der Waals surface area contributed by atoms with E-state index in [-0.39, 0.29) is 29.8 Å². The minimum atomic E-state index is -0.0923. The zero-order valence-corrected chi connectivity index (χ0v) is 20.2. The van der Waals surface area contributed by atoms with Crippen molar-refractivity contribution in [1.29, 1.82) is 0 Å². The first-order chi connectivity index (χ1) is 13.1. The second-order valence-electron chi connectivity index (χ2n) is 8.02. The number of aliphatic imine (C=N–C) groups is 1. The number of nitrogens with one attached hydrogen (secondary N) is 2. The van der Waals surface area contributed by atoms with Gasteiger partial charge in [-0.25, -0.2) is 4.39 Å². The average Bonchev–Trinajstić information content (AvgIpc) is 3.12. The molecule has 1 atom stereocenters. The predicted molar refractivity (Wildman–Crippen MR) is 129 cm³/mol. The number of hydrogen-bond acceptors (Lipinski definition) is 3. The van der Waals surface area contributed by atoms with Crippen LogP contribution >= 0.6 is 35.7 Å². The molecule has 1 aromatic rings. The Balaban J connectivity index is 0.00000280. The van der Waals surface area contributed by atoms with Gasteiger partial charge in [0.25, 0.3) is 0 Å². The highest BCUT2D eigenvalue weighted by molar-refractivity contribution is 14.0. The standard InChI is InChI=1S/C21H33FN4S.HI/c1-21(10-5-13-27-21)16-25-20(23-2)24-14-17-8-11-26(12-9-17)15-18-6-3-4-7-19(18)22;/h3-4,6-7,17H,5,8-16H2,1-2H3,(H2,23,24,25);1H. The molecule has 0 aromatic heterocycles. The van der Waals surface area contributed by atoms with Gasteiger partial charge in [0.2, 0.25) is 0 Å². The summed E-state index contributed by atoms with van der Waals surface area (Å²) in [5, 5.41) is 7.01. The Morgan fingerprint density at radius 1 is 1.29 bits per heavy atom. The van der Waals surface area contributed by atoms with Gasteiger partial charge in [0.15, 0.2) is 5.96 Å². The molecule has 0 saturated carbocycles. The summed E-state index contributed by atoms with van der Waals surface area (Å²) in [4.78, 5) is 6.74. The first-order valence-electron chi connectivity index (χ1n) is 10.1. The lowest BCUT2D eigenvalue weighted by Crippen LogP contribution is -2.46. The quantitative estimate of drug-likeness (QED) is 0.337. The molecule has 7 heteroatoms. The highest BCUT2D eigenvalue weighted by Crippen LogP contribution is 2.36. The lowest BCUT2D eigenvalue weighted by atomic mass is 9.96. The van der Waals surface area contributed by atoms with Crippen molar-refractivity contribution in [2.75, 3.05) is 39.0 Å². The van der Waals surface area contributed by atoms with Gasteiger partial charge >= 0.3 is 0 Å². The van der Waals surface area contributed by atoms with Crippen LogP contribution in [0.2, 0.25) is 0 Å². The molecule has 28 heavy (non-hydrogen) atoms. The molecule has 0 bridgehead atoms. The highest BCUT2D eigenvalue weighted by atomic mass is 127. The molecule has 2 fully saturated rings. The summed E-state index contributed by atoms with van der Waals surface area (Å²) in [7, 11) is 1.84. The maximum absolute atomic E-state index is 13.8. The smallest absolute Gasteiger partial charge is 0.191 e. The van der Waals surface area contributed by atoms with Crippen LogP contribution in [0.25, 0.3) is 0 Å². The Labute approximate surface area is 190 Å². The van der Waals surface area contributed by atoms with E-state index in [0.29, 0.717) is 17.2 Å². The SMILES string of the molecule is CN=C(NCC1CCN(Cc2ccccc2F)CC1)NCC1(C)CCCS1.I. The molecule has 2 aliphatic heterocycles. The molecule has 1 unspecified atom stereocenters. The summed E-state index contributed by atoms with van der Waals surface area (Å²) < 4.78 is 14.2. The maximum Gasteiger partial charge on any atom is 0.191 e. The van der Waals surface area contributed by atoms with Crippen molar-refractivity contribution in [1.82, 2.24) is 15.5 Å². The van der Waals surface area contributed by atoms with Crippen LogP contribution in [-0.4, -0.2) is 54.6 Å². The van der Waals surface area contributed by atoms with Gasteiger partial charge < -0.3 is 10.6 Å². The molecule has 3 rings (SSSR count). The third kappa shape index (κ3) is 7.06. The van der Waals surface area contributed by atoms with Crippen LogP contribution in [0.3, 0.4) is 0 Å². The van der Waals surface area contributed by atoms with Crippen molar-refractivity contribution in [2.24, 2.45) is 10.9 Å². The van der Waals surface area contributed by atoms with E-state index in [4.69, 9.17) is 0 Å². The molecule has 1 aromatic carbocycles. The molecule has 2 saturated heterocycles. The molecule has 0 amide bonds. The second kappa shape index (κ2) is 11.6. The fraction of sp³-hybridized carbons (Fsp3) is 0.667. The molecule has 2 heterocycles. The minimum Gasteiger partial charge on any atom is -0.356 e. The number of rotatable bonds is 6. The molecule has 0 spiro atoms. The average molecular weight is 521 g/mol. The normalized spacial score (nSPS) is 24.0. The van der Waals surface area contributed by atoms with Crippen LogP contribution in [0.5, 0.6) is 0 Å². The summed E-state index contributed by atoms with van der Waals surface area (Å²) in [6.07, 6.45) is 4.89. The molecule has 0 aliphatic carbocycles. The highest BCUT2D eigenvalue weighted by Gasteiger charge is 2.29. The number of hydrogen-bond donors (Lipinski definition) is 2. The number of thioether (sulfide) groups is 1. The maximum atomic E-state index is 13.8. The van der Waals surface area contributed by atoms with Gasteiger partial charge in [-0.2, -0.15) is 11.8 Å².